The number of rotatable bonds is 2. The predicted molar refractivity (Wildman–Crippen MR) is 99.3 cm³/mol. The zero-order valence-corrected chi connectivity index (χ0v) is 14.6. The van der Waals surface area contributed by atoms with E-state index in [2.05, 4.69) is 48.7 Å². The molecule has 0 aliphatic carbocycles. The van der Waals surface area contributed by atoms with Gasteiger partial charge in [-0.2, -0.15) is 4.57 Å². The molecule has 0 atom stereocenters. The third kappa shape index (κ3) is 2.35. The molecule has 0 fully saturated rings. The Morgan fingerprint density at radius 2 is 1.44 bits per heavy atom. The molecular formula is C22H20FN2+. The van der Waals surface area contributed by atoms with Crippen LogP contribution in [0, 0.1) is 19.7 Å². The number of halogens is 1. The van der Waals surface area contributed by atoms with Gasteiger partial charge in [-0.15, -0.1) is 0 Å². The Balaban J connectivity index is 2.22. The van der Waals surface area contributed by atoms with Crippen LogP contribution in [0.1, 0.15) is 11.1 Å². The summed E-state index contributed by atoms with van der Waals surface area (Å²) in [6.45, 7) is 4.20. The number of hydrogen-bond acceptors (Lipinski definition) is 0. The minimum atomic E-state index is -0.206. The molecule has 0 bridgehead atoms. The minimum absolute atomic E-state index is 0.206. The second-order valence-electron chi connectivity index (χ2n) is 6.43. The van der Waals surface area contributed by atoms with Crippen LogP contribution in [0.25, 0.3) is 28.1 Å². The van der Waals surface area contributed by atoms with Crippen LogP contribution < -0.4 is 4.57 Å². The van der Waals surface area contributed by atoms with Crippen molar-refractivity contribution in [1.82, 2.24) is 4.57 Å². The van der Waals surface area contributed by atoms with Crippen molar-refractivity contribution in [1.29, 1.82) is 0 Å². The zero-order chi connectivity index (χ0) is 17.6. The molecule has 1 aromatic heterocycles. The molecule has 0 unspecified atom stereocenters. The molecule has 0 radical (unpaired) electrons. The van der Waals surface area contributed by atoms with Gasteiger partial charge in [-0.25, -0.2) is 8.96 Å². The van der Waals surface area contributed by atoms with Crippen molar-refractivity contribution in [3.8, 4) is 17.1 Å². The summed E-state index contributed by atoms with van der Waals surface area (Å²) in [4.78, 5) is 0. The first-order valence-corrected chi connectivity index (χ1v) is 8.40. The number of para-hydroxylation sites is 2. The van der Waals surface area contributed by atoms with E-state index in [1.54, 1.807) is 6.07 Å². The summed E-state index contributed by atoms with van der Waals surface area (Å²) in [5.74, 6) is 0.764. The van der Waals surface area contributed by atoms with Crippen LogP contribution in [-0.4, -0.2) is 4.57 Å². The maximum absolute atomic E-state index is 14.6. The average Bonchev–Trinajstić information content (AvgIpc) is 2.89. The van der Waals surface area contributed by atoms with Crippen LogP contribution in [0.5, 0.6) is 0 Å². The first kappa shape index (κ1) is 15.6. The fourth-order valence-corrected chi connectivity index (χ4v) is 3.68. The van der Waals surface area contributed by atoms with E-state index in [4.69, 9.17) is 0 Å². The van der Waals surface area contributed by atoms with Crippen molar-refractivity contribution in [2.24, 2.45) is 7.05 Å². The molecule has 0 amide bonds. The summed E-state index contributed by atoms with van der Waals surface area (Å²) >= 11 is 0. The Morgan fingerprint density at radius 1 is 0.800 bits per heavy atom. The number of imidazole rings is 1. The summed E-state index contributed by atoms with van der Waals surface area (Å²) in [6, 6.07) is 21.7. The Labute approximate surface area is 146 Å². The highest BCUT2D eigenvalue weighted by atomic mass is 19.1. The Bertz CT molecular complexity index is 1060. The van der Waals surface area contributed by atoms with Crippen LogP contribution in [0.3, 0.4) is 0 Å². The van der Waals surface area contributed by atoms with Gasteiger partial charge in [0, 0.05) is 0 Å². The molecule has 1 heterocycles. The number of nitrogens with zero attached hydrogens (tertiary/aromatic N) is 2. The molecule has 2 nitrogen and oxygen atoms in total. The zero-order valence-electron chi connectivity index (χ0n) is 14.6. The smallest absolute Gasteiger partial charge is 0.223 e. The minimum Gasteiger partial charge on any atom is -0.223 e. The molecule has 0 aliphatic heterocycles. The Hall–Kier alpha value is -2.94. The van der Waals surface area contributed by atoms with Gasteiger partial charge in [0.15, 0.2) is 11.3 Å². The largest absolute Gasteiger partial charge is 0.294 e. The van der Waals surface area contributed by atoms with E-state index >= 15 is 0 Å². The molecule has 0 aliphatic rings. The molecule has 4 rings (SSSR count). The molecule has 0 saturated heterocycles. The summed E-state index contributed by atoms with van der Waals surface area (Å²) in [7, 11) is 1.93. The van der Waals surface area contributed by atoms with Crippen molar-refractivity contribution in [2.45, 2.75) is 13.8 Å². The SMILES string of the molecule is Cc1cccc(C)c1-n1c(-c2ccccc2)[n+](C)c2c(F)cccc21. The number of fused-ring (bicyclic) bond motifs is 1. The van der Waals surface area contributed by atoms with Crippen LogP contribution in [0.2, 0.25) is 0 Å². The molecule has 0 N–H and O–H groups in total. The van der Waals surface area contributed by atoms with Gasteiger partial charge in [0.1, 0.15) is 5.69 Å². The third-order valence-corrected chi connectivity index (χ3v) is 4.77. The standard InChI is InChI=1S/C22H20FN2/c1-15-9-7-10-16(2)20(15)25-19-14-8-13-18(23)21(19)24(3)22(25)17-11-5-4-6-12-17/h4-14H,1-3H3/q+1. The molecule has 0 spiro atoms. The van der Waals surface area contributed by atoms with Crippen molar-refractivity contribution in [2.75, 3.05) is 0 Å². The van der Waals surface area contributed by atoms with Gasteiger partial charge < -0.3 is 0 Å². The van der Waals surface area contributed by atoms with E-state index in [0.29, 0.717) is 5.52 Å². The van der Waals surface area contributed by atoms with Gasteiger partial charge in [0.2, 0.25) is 5.52 Å². The van der Waals surface area contributed by atoms with Crippen molar-refractivity contribution >= 4 is 11.0 Å². The van der Waals surface area contributed by atoms with Gasteiger partial charge in [-0.1, -0.05) is 42.5 Å². The summed E-state index contributed by atoms with van der Waals surface area (Å²) < 4.78 is 18.8. The lowest BCUT2D eigenvalue weighted by molar-refractivity contribution is -0.634. The van der Waals surface area contributed by atoms with E-state index in [0.717, 1.165) is 22.6 Å². The topological polar surface area (TPSA) is 8.81 Å². The van der Waals surface area contributed by atoms with Crippen LogP contribution in [-0.2, 0) is 7.05 Å². The van der Waals surface area contributed by atoms with Crippen LogP contribution in [0.4, 0.5) is 4.39 Å². The maximum atomic E-state index is 14.6. The number of aryl methyl sites for hydroxylation is 3. The molecular weight excluding hydrogens is 311 g/mol. The highest BCUT2D eigenvalue weighted by Crippen LogP contribution is 2.31. The second kappa shape index (κ2) is 5.85. The third-order valence-electron chi connectivity index (χ3n) is 4.77. The second-order valence-corrected chi connectivity index (χ2v) is 6.43. The fourth-order valence-electron chi connectivity index (χ4n) is 3.68. The van der Waals surface area contributed by atoms with Crippen molar-refractivity contribution in [3.63, 3.8) is 0 Å². The van der Waals surface area contributed by atoms with Gasteiger partial charge in [0.05, 0.1) is 12.6 Å². The molecule has 0 saturated carbocycles. The molecule has 25 heavy (non-hydrogen) atoms. The van der Waals surface area contributed by atoms with Crippen LogP contribution in [0.15, 0.2) is 66.7 Å². The lowest BCUT2D eigenvalue weighted by Gasteiger charge is -2.09. The quantitative estimate of drug-likeness (QED) is 0.463. The van der Waals surface area contributed by atoms with E-state index in [1.165, 1.54) is 17.2 Å². The first-order chi connectivity index (χ1) is 12.1. The highest BCUT2D eigenvalue weighted by molar-refractivity contribution is 5.80. The number of benzene rings is 3. The van der Waals surface area contributed by atoms with E-state index in [9.17, 15) is 4.39 Å². The molecule has 3 aromatic carbocycles. The Morgan fingerprint density at radius 3 is 2.12 bits per heavy atom. The fraction of sp³-hybridized carbons (Fsp3) is 0.136. The lowest BCUT2D eigenvalue weighted by Crippen LogP contribution is -2.31. The average molecular weight is 331 g/mol. The van der Waals surface area contributed by atoms with Gasteiger partial charge in [-0.05, 0) is 49.2 Å². The van der Waals surface area contributed by atoms with Gasteiger partial charge in [0.25, 0.3) is 5.82 Å². The number of hydrogen-bond donors (Lipinski definition) is 0. The summed E-state index contributed by atoms with van der Waals surface area (Å²) in [6.07, 6.45) is 0. The van der Waals surface area contributed by atoms with Gasteiger partial charge >= 0.3 is 0 Å². The number of aromatic nitrogens is 2. The Kier molecular flexibility index (Phi) is 3.65. The van der Waals surface area contributed by atoms with Crippen LogP contribution >= 0.6 is 0 Å². The van der Waals surface area contributed by atoms with E-state index in [1.807, 2.05) is 35.9 Å². The summed E-state index contributed by atoms with van der Waals surface area (Å²) in [5.41, 5.74) is 5.99. The van der Waals surface area contributed by atoms with Gasteiger partial charge in [-0.3, -0.25) is 0 Å². The normalized spacial score (nSPS) is 11.2. The lowest BCUT2D eigenvalue weighted by atomic mass is 10.1. The predicted octanol–water partition coefficient (Wildman–Crippen LogP) is 4.88. The van der Waals surface area contributed by atoms with Crippen molar-refractivity contribution < 1.29 is 8.96 Å². The molecule has 4 aromatic rings. The van der Waals surface area contributed by atoms with E-state index < -0.39 is 0 Å². The van der Waals surface area contributed by atoms with E-state index in [-0.39, 0.29) is 5.82 Å². The first-order valence-electron chi connectivity index (χ1n) is 8.40. The highest BCUT2D eigenvalue weighted by Gasteiger charge is 2.29. The van der Waals surface area contributed by atoms with Crippen molar-refractivity contribution in [3.05, 3.63) is 83.7 Å². The molecule has 3 heteroatoms. The summed E-state index contributed by atoms with van der Waals surface area (Å²) in [5, 5.41) is 0. The monoisotopic (exact) mass is 331 g/mol. The molecule has 124 valence electrons. The maximum Gasteiger partial charge on any atom is 0.294 e.